The van der Waals surface area contributed by atoms with Gasteiger partial charge in [-0.25, -0.2) is 8.91 Å². The van der Waals surface area contributed by atoms with Gasteiger partial charge in [-0.1, -0.05) is 12.1 Å². The highest BCUT2D eigenvalue weighted by Gasteiger charge is 2.24. The maximum absolute atomic E-state index is 13.1. The lowest BCUT2D eigenvalue weighted by atomic mass is 10.1. The number of carbonyl (C=O) groups is 1. The Kier molecular flexibility index (Phi) is 3.89. The van der Waals surface area contributed by atoms with E-state index in [1.807, 2.05) is 0 Å². The number of hydrogen-bond acceptors (Lipinski definition) is 5. The summed E-state index contributed by atoms with van der Waals surface area (Å²) in [6.45, 7) is 3.92. The first-order valence-corrected chi connectivity index (χ1v) is 7.99. The molecule has 1 saturated heterocycles. The molecule has 1 aliphatic heterocycles. The quantitative estimate of drug-likeness (QED) is 0.709. The summed E-state index contributed by atoms with van der Waals surface area (Å²) < 4.78 is 20.0. The van der Waals surface area contributed by atoms with E-state index in [9.17, 15) is 9.18 Å². The van der Waals surface area contributed by atoms with Crippen LogP contribution in [-0.2, 0) is 4.74 Å². The van der Waals surface area contributed by atoms with Crippen LogP contribution in [0.2, 0.25) is 0 Å². The number of ether oxygens (including phenoxy) is 1. The van der Waals surface area contributed by atoms with Crippen LogP contribution in [0.15, 0.2) is 30.5 Å². The van der Waals surface area contributed by atoms with Crippen LogP contribution in [-0.4, -0.2) is 56.9 Å². The Bertz CT molecular complexity index is 932. The molecule has 0 atom stereocenters. The Morgan fingerprint density at radius 3 is 2.60 bits per heavy atom. The molecule has 3 heterocycles. The van der Waals surface area contributed by atoms with Crippen LogP contribution in [0.25, 0.3) is 16.8 Å². The number of aromatic nitrogens is 4. The third kappa shape index (κ3) is 2.74. The Morgan fingerprint density at radius 2 is 1.88 bits per heavy atom. The number of morpholine rings is 1. The number of fused-ring (bicyclic) bond motifs is 1. The van der Waals surface area contributed by atoms with Gasteiger partial charge in [-0.05, 0) is 24.6 Å². The standard InChI is InChI=1S/C17H16FN5O2/c1-11-15(17(24)22-6-8-25-9-7-22)20-21-16-14(10-19-23(11)16)12-2-4-13(18)5-3-12/h2-5,10H,6-9H2,1H3. The van der Waals surface area contributed by atoms with E-state index in [1.54, 1.807) is 34.7 Å². The van der Waals surface area contributed by atoms with Gasteiger partial charge in [-0.2, -0.15) is 5.10 Å². The average molecular weight is 341 g/mol. The van der Waals surface area contributed by atoms with Crippen molar-refractivity contribution in [3.05, 3.63) is 47.7 Å². The van der Waals surface area contributed by atoms with E-state index in [-0.39, 0.29) is 17.4 Å². The molecule has 7 nitrogen and oxygen atoms in total. The van der Waals surface area contributed by atoms with Gasteiger partial charge in [-0.15, -0.1) is 10.2 Å². The maximum Gasteiger partial charge on any atom is 0.276 e. The smallest absolute Gasteiger partial charge is 0.276 e. The van der Waals surface area contributed by atoms with Crippen molar-refractivity contribution in [3.8, 4) is 11.1 Å². The lowest BCUT2D eigenvalue weighted by Gasteiger charge is -2.26. The highest BCUT2D eigenvalue weighted by atomic mass is 19.1. The third-order valence-electron chi connectivity index (χ3n) is 4.31. The van der Waals surface area contributed by atoms with Gasteiger partial charge >= 0.3 is 0 Å². The number of benzene rings is 1. The molecule has 0 spiro atoms. The Morgan fingerprint density at radius 1 is 1.16 bits per heavy atom. The summed E-state index contributed by atoms with van der Waals surface area (Å²) in [5.41, 5.74) is 2.96. The summed E-state index contributed by atoms with van der Waals surface area (Å²) in [6.07, 6.45) is 1.65. The minimum absolute atomic E-state index is 0.172. The van der Waals surface area contributed by atoms with Crippen LogP contribution in [0, 0.1) is 12.7 Å². The molecule has 1 amide bonds. The van der Waals surface area contributed by atoms with E-state index in [1.165, 1.54) is 12.1 Å². The molecular weight excluding hydrogens is 325 g/mol. The highest BCUT2D eigenvalue weighted by Crippen LogP contribution is 2.24. The zero-order chi connectivity index (χ0) is 17.4. The second-order valence-corrected chi connectivity index (χ2v) is 5.84. The predicted octanol–water partition coefficient (Wildman–Crippen LogP) is 1.71. The summed E-state index contributed by atoms with van der Waals surface area (Å²) in [7, 11) is 0. The van der Waals surface area contributed by atoms with E-state index >= 15 is 0 Å². The van der Waals surface area contributed by atoms with Crippen molar-refractivity contribution in [3.63, 3.8) is 0 Å². The molecule has 1 aromatic carbocycles. The molecule has 2 aromatic heterocycles. The minimum atomic E-state index is -0.305. The van der Waals surface area contributed by atoms with E-state index in [4.69, 9.17) is 4.74 Å². The minimum Gasteiger partial charge on any atom is -0.378 e. The lowest BCUT2D eigenvalue weighted by molar-refractivity contribution is 0.0297. The molecular formula is C17H16FN5O2. The zero-order valence-electron chi connectivity index (χ0n) is 13.6. The normalized spacial score (nSPS) is 14.9. The number of nitrogens with zero attached hydrogens (tertiary/aromatic N) is 5. The first kappa shape index (κ1) is 15.6. The Labute approximate surface area is 143 Å². The maximum atomic E-state index is 13.1. The van der Waals surface area contributed by atoms with Crippen LogP contribution in [0.4, 0.5) is 4.39 Å². The molecule has 3 aromatic rings. The van der Waals surface area contributed by atoms with E-state index in [2.05, 4.69) is 15.3 Å². The summed E-state index contributed by atoms with van der Waals surface area (Å²) >= 11 is 0. The predicted molar refractivity (Wildman–Crippen MR) is 87.6 cm³/mol. The van der Waals surface area contributed by atoms with Gasteiger partial charge < -0.3 is 9.64 Å². The molecule has 0 bridgehead atoms. The number of carbonyl (C=O) groups excluding carboxylic acids is 1. The molecule has 4 rings (SSSR count). The van der Waals surface area contributed by atoms with Crippen molar-refractivity contribution in [1.82, 2.24) is 24.7 Å². The Hall–Kier alpha value is -2.87. The summed E-state index contributed by atoms with van der Waals surface area (Å²) in [4.78, 5) is 14.4. The van der Waals surface area contributed by atoms with Crippen molar-refractivity contribution in [2.75, 3.05) is 26.3 Å². The van der Waals surface area contributed by atoms with Crippen LogP contribution < -0.4 is 0 Å². The summed E-state index contributed by atoms with van der Waals surface area (Å²) in [5.74, 6) is -0.477. The van der Waals surface area contributed by atoms with Crippen molar-refractivity contribution >= 4 is 11.6 Å². The third-order valence-corrected chi connectivity index (χ3v) is 4.31. The van der Waals surface area contributed by atoms with E-state index in [0.717, 1.165) is 11.1 Å². The van der Waals surface area contributed by atoms with Gasteiger partial charge in [0.1, 0.15) is 5.82 Å². The molecule has 0 N–H and O–H groups in total. The van der Waals surface area contributed by atoms with Crippen LogP contribution in [0.3, 0.4) is 0 Å². The van der Waals surface area contributed by atoms with Gasteiger partial charge in [0.05, 0.1) is 25.1 Å². The number of halogens is 1. The second-order valence-electron chi connectivity index (χ2n) is 5.84. The first-order chi connectivity index (χ1) is 12.1. The molecule has 128 valence electrons. The molecule has 0 aliphatic carbocycles. The second kappa shape index (κ2) is 6.21. The summed E-state index contributed by atoms with van der Waals surface area (Å²) in [6, 6.07) is 6.09. The molecule has 0 unspecified atom stereocenters. The number of rotatable bonds is 2. The first-order valence-electron chi connectivity index (χ1n) is 7.99. The molecule has 25 heavy (non-hydrogen) atoms. The van der Waals surface area contributed by atoms with Gasteiger partial charge in [0.15, 0.2) is 11.3 Å². The van der Waals surface area contributed by atoms with Gasteiger partial charge in [0, 0.05) is 18.7 Å². The highest BCUT2D eigenvalue weighted by molar-refractivity contribution is 5.93. The topological polar surface area (TPSA) is 72.6 Å². The SMILES string of the molecule is Cc1c(C(=O)N2CCOCC2)nnc2c(-c3ccc(F)cc3)cnn12. The van der Waals surface area contributed by atoms with Crippen LogP contribution in [0.1, 0.15) is 16.2 Å². The molecule has 8 heteroatoms. The van der Waals surface area contributed by atoms with E-state index in [0.29, 0.717) is 37.6 Å². The molecule has 1 aliphatic rings. The largest absolute Gasteiger partial charge is 0.378 e. The average Bonchev–Trinajstić information content (AvgIpc) is 3.08. The van der Waals surface area contributed by atoms with Crippen molar-refractivity contribution in [2.45, 2.75) is 6.92 Å². The van der Waals surface area contributed by atoms with Crippen molar-refractivity contribution in [1.29, 1.82) is 0 Å². The number of amides is 1. The molecule has 0 saturated carbocycles. The number of aryl methyl sites for hydroxylation is 1. The number of hydrogen-bond donors (Lipinski definition) is 0. The lowest BCUT2D eigenvalue weighted by Crippen LogP contribution is -2.41. The summed E-state index contributed by atoms with van der Waals surface area (Å²) in [5, 5.41) is 12.7. The monoisotopic (exact) mass is 341 g/mol. The van der Waals surface area contributed by atoms with Crippen molar-refractivity contribution < 1.29 is 13.9 Å². The fourth-order valence-electron chi connectivity index (χ4n) is 2.90. The van der Waals surface area contributed by atoms with Gasteiger partial charge in [0.25, 0.3) is 5.91 Å². The molecule has 1 fully saturated rings. The fourth-order valence-corrected chi connectivity index (χ4v) is 2.90. The van der Waals surface area contributed by atoms with Crippen molar-refractivity contribution in [2.24, 2.45) is 0 Å². The van der Waals surface area contributed by atoms with E-state index < -0.39 is 0 Å². The van der Waals surface area contributed by atoms with Crippen LogP contribution in [0.5, 0.6) is 0 Å². The fraction of sp³-hybridized carbons (Fsp3) is 0.294. The van der Waals surface area contributed by atoms with Gasteiger partial charge in [-0.3, -0.25) is 4.79 Å². The molecule has 0 radical (unpaired) electrons. The van der Waals surface area contributed by atoms with Crippen LogP contribution >= 0.6 is 0 Å². The Balaban J connectivity index is 1.74. The van der Waals surface area contributed by atoms with Gasteiger partial charge in [0.2, 0.25) is 0 Å². The zero-order valence-corrected chi connectivity index (χ0v) is 13.6.